The second-order valence-electron chi connectivity index (χ2n) is 4.08. The van der Waals surface area contributed by atoms with Gasteiger partial charge in [-0.3, -0.25) is 4.79 Å². The third kappa shape index (κ3) is 2.84. The highest BCUT2D eigenvalue weighted by Crippen LogP contribution is 2.30. The molecule has 10 nitrogen and oxygen atoms in total. The molecule has 1 aromatic heterocycles. The number of thioether (sulfide) groups is 1. The molecule has 2 heterocycles. The zero-order chi connectivity index (χ0) is 14.7. The second kappa shape index (κ2) is 6.07. The molecule has 0 aliphatic carbocycles. The van der Waals surface area contributed by atoms with Crippen LogP contribution in [0, 0.1) is 0 Å². The van der Waals surface area contributed by atoms with Crippen LogP contribution in [0.1, 0.15) is 5.69 Å². The van der Waals surface area contributed by atoms with Crippen molar-refractivity contribution in [3.8, 4) is 0 Å². The van der Waals surface area contributed by atoms with E-state index in [0.717, 1.165) is 0 Å². The molecule has 0 radical (unpaired) electrons. The molecule has 0 bridgehead atoms. The Balaban J connectivity index is 1.89. The molecular formula is C9H13N5O5S. The van der Waals surface area contributed by atoms with Crippen LogP contribution < -0.4 is 5.73 Å². The number of carbonyl (C=O) groups excluding carboxylic acids is 1. The molecule has 1 atom stereocenters. The Morgan fingerprint density at radius 3 is 2.90 bits per heavy atom. The van der Waals surface area contributed by atoms with Crippen molar-refractivity contribution >= 4 is 23.5 Å². The molecule has 1 fully saturated rings. The van der Waals surface area contributed by atoms with Gasteiger partial charge in [0.05, 0.1) is 6.61 Å². The third-order valence-corrected chi connectivity index (χ3v) is 3.83. The van der Waals surface area contributed by atoms with Gasteiger partial charge in [0, 0.05) is 18.3 Å². The van der Waals surface area contributed by atoms with Crippen LogP contribution >= 0.6 is 11.8 Å². The van der Waals surface area contributed by atoms with Gasteiger partial charge in [-0.2, -0.15) is 0 Å². The van der Waals surface area contributed by atoms with Crippen molar-refractivity contribution in [3.63, 3.8) is 0 Å². The number of aromatic nitrogens is 2. The van der Waals surface area contributed by atoms with E-state index >= 15 is 0 Å². The van der Waals surface area contributed by atoms with E-state index in [0.29, 0.717) is 18.1 Å². The number of carbonyl (C=O) groups is 1. The first-order valence-corrected chi connectivity index (χ1v) is 6.49. The highest BCUT2D eigenvalue weighted by molar-refractivity contribution is 8.00. The predicted octanol–water partition coefficient (Wildman–Crippen LogP) is -2.18. The van der Waals surface area contributed by atoms with Crippen LogP contribution in [0.25, 0.3) is 0 Å². The standard InChI is InChI=1S/C9H13N5O5S/c10-7(11-18)6-8(13-19-12-6)20-4-1-14(2-4)9(17)5(16)3-15/h4-5,15-16,18H,1-3H2,(H2,10,11). The Morgan fingerprint density at radius 2 is 2.30 bits per heavy atom. The maximum Gasteiger partial charge on any atom is 0.253 e. The molecule has 20 heavy (non-hydrogen) atoms. The minimum absolute atomic E-state index is 0.0296. The minimum Gasteiger partial charge on any atom is -0.409 e. The molecule has 1 saturated heterocycles. The average molecular weight is 303 g/mol. The zero-order valence-corrected chi connectivity index (χ0v) is 11.0. The fourth-order valence-corrected chi connectivity index (χ4v) is 2.76. The lowest BCUT2D eigenvalue weighted by Gasteiger charge is -2.39. The average Bonchev–Trinajstić information content (AvgIpc) is 2.87. The van der Waals surface area contributed by atoms with Gasteiger partial charge in [0.2, 0.25) is 0 Å². The number of amidine groups is 1. The van der Waals surface area contributed by atoms with Gasteiger partial charge in [-0.1, -0.05) is 16.9 Å². The van der Waals surface area contributed by atoms with Crippen LogP contribution in [0.5, 0.6) is 0 Å². The lowest BCUT2D eigenvalue weighted by Crippen LogP contribution is -2.55. The Morgan fingerprint density at radius 1 is 1.60 bits per heavy atom. The first-order valence-electron chi connectivity index (χ1n) is 5.61. The molecule has 110 valence electrons. The highest BCUT2D eigenvalue weighted by Gasteiger charge is 2.35. The number of likely N-dealkylation sites (tertiary alicyclic amines) is 1. The van der Waals surface area contributed by atoms with Gasteiger partial charge in [-0.25, -0.2) is 4.63 Å². The number of amides is 1. The number of oxime groups is 1. The summed E-state index contributed by atoms with van der Waals surface area (Å²) in [5.74, 6) is -0.726. The highest BCUT2D eigenvalue weighted by atomic mass is 32.2. The van der Waals surface area contributed by atoms with Crippen molar-refractivity contribution in [3.05, 3.63) is 5.69 Å². The van der Waals surface area contributed by atoms with Crippen LogP contribution in [0.3, 0.4) is 0 Å². The second-order valence-corrected chi connectivity index (χ2v) is 5.37. The van der Waals surface area contributed by atoms with Crippen molar-refractivity contribution in [2.45, 2.75) is 16.4 Å². The van der Waals surface area contributed by atoms with E-state index in [1.807, 2.05) is 0 Å². The fourth-order valence-electron chi connectivity index (χ4n) is 1.60. The minimum atomic E-state index is -1.39. The summed E-state index contributed by atoms with van der Waals surface area (Å²) in [5, 5.41) is 36.8. The maximum atomic E-state index is 11.5. The Kier molecular flexibility index (Phi) is 4.42. The monoisotopic (exact) mass is 303 g/mol. The van der Waals surface area contributed by atoms with Gasteiger partial charge < -0.3 is 26.1 Å². The lowest BCUT2D eigenvalue weighted by molar-refractivity contribution is -0.145. The summed E-state index contributed by atoms with van der Waals surface area (Å²) in [6.07, 6.45) is -1.39. The van der Waals surface area contributed by atoms with E-state index in [4.69, 9.17) is 16.0 Å². The first kappa shape index (κ1) is 14.6. The first-order chi connectivity index (χ1) is 9.56. The van der Waals surface area contributed by atoms with Crippen molar-refractivity contribution in [1.82, 2.24) is 15.2 Å². The Hall–Kier alpha value is -1.85. The van der Waals surface area contributed by atoms with E-state index in [-0.39, 0.29) is 16.8 Å². The van der Waals surface area contributed by atoms with Crippen molar-refractivity contribution in [2.75, 3.05) is 19.7 Å². The third-order valence-electron chi connectivity index (χ3n) is 2.70. The fraction of sp³-hybridized carbons (Fsp3) is 0.556. The molecular weight excluding hydrogens is 290 g/mol. The molecule has 5 N–H and O–H groups in total. The smallest absolute Gasteiger partial charge is 0.253 e. The molecule has 0 spiro atoms. The molecule has 1 aliphatic heterocycles. The summed E-state index contributed by atoms with van der Waals surface area (Å²) in [4.78, 5) is 12.9. The van der Waals surface area contributed by atoms with E-state index in [2.05, 4.69) is 20.1 Å². The Labute approximate surface area is 117 Å². The van der Waals surface area contributed by atoms with E-state index in [1.54, 1.807) is 0 Å². The van der Waals surface area contributed by atoms with Crippen LogP contribution in [0.4, 0.5) is 0 Å². The van der Waals surface area contributed by atoms with Gasteiger partial charge in [0.15, 0.2) is 22.7 Å². The van der Waals surface area contributed by atoms with Crippen LogP contribution in [0.2, 0.25) is 0 Å². The molecule has 1 aromatic rings. The van der Waals surface area contributed by atoms with Crippen molar-refractivity contribution in [1.29, 1.82) is 0 Å². The summed E-state index contributed by atoms with van der Waals surface area (Å²) >= 11 is 1.27. The predicted molar refractivity (Wildman–Crippen MR) is 66.1 cm³/mol. The largest absolute Gasteiger partial charge is 0.409 e. The van der Waals surface area contributed by atoms with Gasteiger partial charge >= 0.3 is 0 Å². The number of hydrogen-bond acceptors (Lipinski definition) is 9. The normalized spacial score (nSPS) is 17.9. The van der Waals surface area contributed by atoms with Crippen LogP contribution in [0.15, 0.2) is 14.8 Å². The molecule has 11 heteroatoms. The van der Waals surface area contributed by atoms with Crippen LogP contribution in [-0.2, 0) is 4.79 Å². The molecule has 0 aromatic carbocycles. The molecule has 2 rings (SSSR count). The number of aliphatic hydroxyl groups excluding tert-OH is 2. The van der Waals surface area contributed by atoms with Crippen molar-refractivity contribution < 1.29 is 24.8 Å². The van der Waals surface area contributed by atoms with Crippen molar-refractivity contribution in [2.24, 2.45) is 10.9 Å². The number of nitrogens with zero attached hydrogens (tertiary/aromatic N) is 4. The number of hydrogen-bond donors (Lipinski definition) is 4. The molecule has 1 unspecified atom stereocenters. The topological polar surface area (TPSA) is 158 Å². The maximum absolute atomic E-state index is 11.5. The number of nitrogens with two attached hydrogens (primary N) is 1. The van der Waals surface area contributed by atoms with Crippen LogP contribution in [-0.4, -0.2) is 73.4 Å². The summed E-state index contributed by atoms with van der Waals surface area (Å²) in [5.41, 5.74) is 5.54. The Bertz CT molecular complexity index is 515. The van der Waals surface area contributed by atoms with E-state index in [1.165, 1.54) is 16.7 Å². The quantitative estimate of drug-likeness (QED) is 0.205. The van der Waals surface area contributed by atoms with E-state index < -0.39 is 18.6 Å². The van der Waals surface area contributed by atoms with Gasteiger partial charge in [-0.05, 0) is 10.3 Å². The number of rotatable bonds is 5. The lowest BCUT2D eigenvalue weighted by atomic mass is 10.2. The summed E-state index contributed by atoms with van der Waals surface area (Å²) in [7, 11) is 0. The molecule has 1 amide bonds. The summed E-state index contributed by atoms with van der Waals surface area (Å²) in [6.45, 7) is 0.181. The SMILES string of the molecule is N/C(=N\O)c1nonc1SC1CN(C(=O)C(O)CO)C1. The summed E-state index contributed by atoms with van der Waals surface area (Å²) < 4.78 is 4.52. The summed E-state index contributed by atoms with van der Waals surface area (Å²) in [6, 6.07) is 0. The van der Waals surface area contributed by atoms with E-state index in [9.17, 15) is 9.90 Å². The van der Waals surface area contributed by atoms with Gasteiger partial charge in [0.25, 0.3) is 5.91 Å². The number of aliphatic hydroxyl groups is 2. The molecule has 0 saturated carbocycles. The zero-order valence-electron chi connectivity index (χ0n) is 10.2. The molecule has 1 aliphatic rings. The van der Waals surface area contributed by atoms with Gasteiger partial charge in [-0.15, -0.1) is 0 Å². The van der Waals surface area contributed by atoms with Gasteiger partial charge in [0.1, 0.15) is 0 Å².